The molecule has 2 rings (SSSR count). The van der Waals surface area contributed by atoms with E-state index in [1.807, 2.05) is 0 Å². The fraction of sp³-hybridized carbons (Fsp3) is 0.929. The van der Waals surface area contributed by atoms with Crippen LogP contribution >= 0.6 is 0 Å². The zero-order valence-corrected chi connectivity index (χ0v) is 27.1. The summed E-state index contributed by atoms with van der Waals surface area (Å²) in [6.07, 6.45) is 0. The van der Waals surface area contributed by atoms with E-state index in [9.17, 15) is 0 Å². The van der Waals surface area contributed by atoms with Crippen molar-refractivity contribution in [2.24, 2.45) is 59.2 Å². The SMILES string of the molecule is CC([CH-][Si](C)(C)C1C(C)C(C)C(C)C1C)C(C)[CH-][Si](C)(C)C1C(C)C(C)C(C)C1C.[Ti+4]. The molecule has 0 radical (unpaired) electrons. The minimum Gasteiger partial charge on any atom is -0.327 e. The van der Waals surface area contributed by atoms with Crippen LogP contribution in [0.25, 0.3) is 0 Å². The molecule has 2 aliphatic rings. The number of rotatable bonds is 7. The first-order valence-electron chi connectivity index (χ1n) is 13.3. The van der Waals surface area contributed by atoms with E-state index in [1.165, 1.54) is 0 Å². The molecule has 0 amide bonds. The predicted molar refractivity (Wildman–Crippen MR) is 143 cm³/mol. The van der Waals surface area contributed by atoms with Crippen molar-refractivity contribution in [1.82, 2.24) is 0 Å². The Morgan fingerprint density at radius 1 is 0.452 bits per heavy atom. The van der Waals surface area contributed by atoms with Crippen LogP contribution in [0.2, 0.25) is 37.3 Å². The summed E-state index contributed by atoms with van der Waals surface area (Å²) in [5, 5.41) is 0. The average molecular weight is 497 g/mol. The summed E-state index contributed by atoms with van der Waals surface area (Å²) in [6.45, 7) is 36.0. The first kappa shape index (κ1) is 30.2. The Morgan fingerprint density at radius 2 is 0.645 bits per heavy atom. The second kappa shape index (κ2) is 10.8. The minimum atomic E-state index is -1.39. The summed E-state index contributed by atoms with van der Waals surface area (Å²) >= 11 is 0. The second-order valence-electron chi connectivity index (χ2n) is 13.6. The van der Waals surface area contributed by atoms with E-state index in [4.69, 9.17) is 0 Å². The van der Waals surface area contributed by atoms with E-state index in [-0.39, 0.29) is 21.7 Å². The third kappa shape index (κ3) is 5.87. The molecule has 10 atom stereocenters. The molecule has 0 spiro atoms. The minimum absolute atomic E-state index is 0. The average Bonchev–Trinajstić information content (AvgIpc) is 2.94. The molecule has 178 valence electrons. The van der Waals surface area contributed by atoms with Gasteiger partial charge in [-0.05, 0) is 47.3 Å². The van der Waals surface area contributed by atoms with Gasteiger partial charge in [0.05, 0.1) is 0 Å². The second-order valence-corrected chi connectivity index (χ2v) is 22.9. The van der Waals surface area contributed by atoms with Gasteiger partial charge in [-0.1, -0.05) is 123 Å². The van der Waals surface area contributed by atoms with E-state index in [0.29, 0.717) is 11.8 Å². The normalized spacial score (nSPS) is 43.5. The van der Waals surface area contributed by atoms with Gasteiger partial charge >= 0.3 is 21.7 Å². The molecule has 31 heavy (non-hydrogen) atoms. The van der Waals surface area contributed by atoms with Gasteiger partial charge < -0.3 is 12.1 Å². The van der Waals surface area contributed by atoms with Crippen LogP contribution in [0.3, 0.4) is 0 Å². The van der Waals surface area contributed by atoms with Crippen LogP contribution in [0.5, 0.6) is 0 Å². The third-order valence-corrected chi connectivity index (χ3v) is 19.5. The summed E-state index contributed by atoms with van der Waals surface area (Å²) in [7, 11) is -2.78. The molecule has 0 aromatic heterocycles. The molecular weight excluding hydrogens is 440 g/mol. The van der Waals surface area contributed by atoms with Crippen molar-refractivity contribution in [3.63, 3.8) is 0 Å². The molecule has 0 bridgehead atoms. The molecule has 0 saturated heterocycles. The first-order valence-corrected chi connectivity index (χ1v) is 19.6. The molecule has 2 aliphatic carbocycles. The number of hydrogen-bond acceptors (Lipinski definition) is 0. The molecule has 0 N–H and O–H groups in total. The van der Waals surface area contributed by atoms with Crippen molar-refractivity contribution in [1.29, 1.82) is 0 Å². The molecule has 2 fully saturated rings. The summed E-state index contributed by atoms with van der Waals surface area (Å²) in [4.78, 5) is 0. The first-order chi connectivity index (χ1) is 13.5. The van der Waals surface area contributed by atoms with Crippen LogP contribution < -0.4 is 0 Å². The summed E-state index contributed by atoms with van der Waals surface area (Å²) in [5.74, 6) is 8.48. The van der Waals surface area contributed by atoms with Gasteiger partial charge in [0.15, 0.2) is 0 Å². The summed E-state index contributed by atoms with van der Waals surface area (Å²) < 4.78 is 0. The van der Waals surface area contributed by atoms with Crippen LogP contribution in [0.4, 0.5) is 0 Å². The zero-order valence-electron chi connectivity index (χ0n) is 23.6. The topological polar surface area (TPSA) is 0 Å². The Kier molecular flexibility index (Phi) is 10.5. The predicted octanol–water partition coefficient (Wildman–Crippen LogP) is 9.02. The van der Waals surface area contributed by atoms with Crippen molar-refractivity contribution in [2.45, 2.75) is 107 Å². The number of hydrogen-bond donors (Lipinski definition) is 0. The molecule has 10 unspecified atom stereocenters. The molecule has 2 saturated carbocycles. The Morgan fingerprint density at radius 3 is 0.839 bits per heavy atom. The van der Waals surface area contributed by atoms with Gasteiger partial charge in [0.1, 0.15) is 0 Å². The molecule has 0 nitrogen and oxygen atoms in total. The van der Waals surface area contributed by atoms with E-state index < -0.39 is 16.1 Å². The Hall–Kier alpha value is 1.15. The molecule has 0 aromatic rings. The van der Waals surface area contributed by atoms with Crippen LogP contribution in [-0.4, -0.2) is 16.1 Å². The molecular formula is C28H56Si2Ti+2. The van der Waals surface area contributed by atoms with Gasteiger partial charge in [0, 0.05) is 0 Å². The van der Waals surface area contributed by atoms with Crippen molar-refractivity contribution < 1.29 is 21.7 Å². The zero-order chi connectivity index (χ0) is 23.3. The monoisotopic (exact) mass is 496 g/mol. The van der Waals surface area contributed by atoms with Gasteiger partial charge in [-0.2, -0.15) is 11.8 Å². The molecule has 0 aliphatic heterocycles. The Balaban J connectivity index is 0.00000480. The van der Waals surface area contributed by atoms with E-state index in [1.54, 1.807) is 0 Å². The van der Waals surface area contributed by atoms with Crippen LogP contribution in [-0.2, 0) is 21.7 Å². The fourth-order valence-electron chi connectivity index (χ4n) is 8.77. The van der Waals surface area contributed by atoms with E-state index >= 15 is 0 Å². The van der Waals surface area contributed by atoms with Crippen molar-refractivity contribution in [2.75, 3.05) is 0 Å². The van der Waals surface area contributed by atoms with Crippen molar-refractivity contribution in [3.05, 3.63) is 12.1 Å². The maximum absolute atomic E-state index is 2.90. The van der Waals surface area contributed by atoms with Gasteiger partial charge in [0.2, 0.25) is 0 Å². The smallest absolute Gasteiger partial charge is 0.327 e. The van der Waals surface area contributed by atoms with E-state index in [2.05, 4.69) is 108 Å². The van der Waals surface area contributed by atoms with Gasteiger partial charge in [0.25, 0.3) is 0 Å². The van der Waals surface area contributed by atoms with Crippen molar-refractivity contribution >= 4 is 16.1 Å². The third-order valence-electron chi connectivity index (χ3n) is 11.2. The fourth-order valence-corrected chi connectivity index (χ4v) is 19.2. The Labute approximate surface area is 214 Å². The van der Waals surface area contributed by atoms with Gasteiger partial charge in [-0.15, -0.1) is 0 Å². The maximum Gasteiger partial charge on any atom is 4.00 e. The van der Waals surface area contributed by atoms with Gasteiger partial charge in [-0.3, -0.25) is 0 Å². The molecule has 0 aromatic carbocycles. The van der Waals surface area contributed by atoms with Crippen molar-refractivity contribution in [3.8, 4) is 0 Å². The largest absolute Gasteiger partial charge is 4.00 e. The van der Waals surface area contributed by atoms with Crippen LogP contribution in [0.1, 0.15) is 69.2 Å². The van der Waals surface area contributed by atoms with Crippen LogP contribution in [0, 0.1) is 71.3 Å². The summed E-state index contributed by atoms with van der Waals surface area (Å²) in [5.41, 5.74) is 1.89. The summed E-state index contributed by atoms with van der Waals surface area (Å²) in [6, 6.07) is 5.79. The standard InChI is InChI=1S/C28H56Si2.Ti/c1-17(15-29(11,12)27-23(7)19(3)20(4)24(27)8)18(2)16-30(13,14)28-25(9)21(5)22(6)26(28)10;/h15-28H,1-14H3;/q-2;+4. The molecule has 0 heterocycles. The van der Waals surface area contributed by atoms with Crippen LogP contribution in [0.15, 0.2) is 0 Å². The quantitative estimate of drug-likeness (QED) is 0.244. The van der Waals surface area contributed by atoms with E-state index in [0.717, 1.165) is 58.4 Å². The molecule has 3 heteroatoms. The Bertz CT molecular complexity index is 495. The van der Waals surface area contributed by atoms with Gasteiger partial charge in [-0.25, -0.2) is 0 Å². The maximum atomic E-state index is 2.90.